The van der Waals surface area contributed by atoms with Gasteiger partial charge in [-0.15, -0.1) is 0 Å². The van der Waals surface area contributed by atoms with Crippen LogP contribution in [-0.4, -0.2) is 16.5 Å². The molecule has 0 saturated carbocycles. The van der Waals surface area contributed by atoms with E-state index in [-0.39, 0.29) is 0 Å². The number of nitrogens with one attached hydrogen (secondary N) is 1. The summed E-state index contributed by atoms with van der Waals surface area (Å²) >= 11 is 0. The number of quaternary nitrogens is 1. The molecule has 0 radical (unpaired) electrons. The summed E-state index contributed by atoms with van der Waals surface area (Å²) in [5.41, 5.74) is 5.16. The van der Waals surface area contributed by atoms with Crippen molar-refractivity contribution in [3.8, 4) is 0 Å². The third-order valence-corrected chi connectivity index (χ3v) is 3.28. The van der Waals surface area contributed by atoms with E-state index in [1.165, 1.54) is 22.5 Å². The van der Waals surface area contributed by atoms with Crippen molar-refractivity contribution in [2.45, 2.75) is 19.4 Å². The number of fused-ring (bicyclic) bond motifs is 1. The average Bonchev–Trinajstić information content (AvgIpc) is 2.78. The van der Waals surface area contributed by atoms with Gasteiger partial charge in [-0.25, -0.2) is 4.98 Å². The van der Waals surface area contributed by atoms with E-state index in [1.807, 2.05) is 6.33 Å². The normalized spacial score (nSPS) is 19.4. The summed E-state index contributed by atoms with van der Waals surface area (Å²) in [5.74, 6) is 0. The van der Waals surface area contributed by atoms with E-state index in [0.29, 0.717) is 6.04 Å². The van der Waals surface area contributed by atoms with Gasteiger partial charge < -0.3 is 10.3 Å². The zero-order chi connectivity index (χ0) is 11.0. The molecule has 3 nitrogen and oxygen atoms in total. The maximum atomic E-state index is 4.45. The number of hydrogen-bond acceptors (Lipinski definition) is 1. The number of imidazole rings is 1. The lowest BCUT2D eigenvalue weighted by atomic mass is 9.97. The molecule has 2 heterocycles. The minimum Gasteiger partial charge on any atom is -0.348 e. The largest absolute Gasteiger partial charge is 0.348 e. The number of nitrogens with two attached hydrogens (primary N) is 1. The molecule has 1 aliphatic rings. The van der Waals surface area contributed by atoms with Gasteiger partial charge in [-0.1, -0.05) is 29.8 Å². The van der Waals surface area contributed by atoms with Gasteiger partial charge in [-0.3, -0.25) is 0 Å². The number of hydrogen-bond donors (Lipinski definition) is 2. The topological polar surface area (TPSA) is 45.3 Å². The molecule has 1 aromatic heterocycles. The highest BCUT2D eigenvalue weighted by Gasteiger charge is 2.26. The Bertz CT molecular complexity index is 484. The van der Waals surface area contributed by atoms with Gasteiger partial charge in [0.05, 0.1) is 12.9 Å². The maximum absolute atomic E-state index is 4.45. The lowest BCUT2D eigenvalue weighted by Gasteiger charge is -2.20. The second-order valence-electron chi connectivity index (χ2n) is 4.43. The Hall–Kier alpha value is -1.61. The van der Waals surface area contributed by atoms with Gasteiger partial charge in [0, 0.05) is 17.7 Å². The fourth-order valence-electron chi connectivity index (χ4n) is 2.37. The Balaban J connectivity index is 2.00. The van der Waals surface area contributed by atoms with Gasteiger partial charge in [0.25, 0.3) is 0 Å². The number of aromatic amines is 1. The smallest absolute Gasteiger partial charge is 0.156 e. The van der Waals surface area contributed by atoms with Crippen LogP contribution < -0.4 is 5.32 Å². The molecule has 0 bridgehead atoms. The minimum atomic E-state index is 0.371. The Morgan fingerprint density at radius 3 is 2.94 bits per heavy atom. The molecule has 0 fully saturated rings. The highest BCUT2D eigenvalue weighted by Crippen LogP contribution is 2.21. The molecule has 2 aromatic rings. The highest BCUT2D eigenvalue weighted by atomic mass is 15.0. The lowest BCUT2D eigenvalue weighted by Crippen LogP contribution is -2.87. The van der Waals surface area contributed by atoms with E-state index < -0.39 is 0 Å². The molecule has 3 rings (SSSR count). The summed E-state index contributed by atoms with van der Waals surface area (Å²) in [4.78, 5) is 7.69. The second kappa shape index (κ2) is 3.76. The summed E-state index contributed by atoms with van der Waals surface area (Å²) in [6.07, 6.45) is 2.91. The van der Waals surface area contributed by atoms with Crippen LogP contribution in [0.1, 0.15) is 28.6 Å². The van der Waals surface area contributed by atoms with Crippen molar-refractivity contribution in [3.05, 3.63) is 53.1 Å². The maximum Gasteiger partial charge on any atom is 0.156 e. The van der Waals surface area contributed by atoms with E-state index in [1.54, 1.807) is 0 Å². The van der Waals surface area contributed by atoms with Crippen molar-refractivity contribution in [1.82, 2.24) is 9.97 Å². The van der Waals surface area contributed by atoms with Crippen LogP contribution >= 0.6 is 0 Å². The van der Waals surface area contributed by atoms with Gasteiger partial charge in [0.2, 0.25) is 0 Å². The summed E-state index contributed by atoms with van der Waals surface area (Å²) in [6.45, 7) is 3.25. The van der Waals surface area contributed by atoms with Crippen LogP contribution in [0.3, 0.4) is 0 Å². The third kappa shape index (κ3) is 1.53. The molecule has 1 aliphatic heterocycles. The molecular formula is C13H16N3+. The molecule has 1 atom stereocenters. The Labute approximate surface area is 94.9 Å². The zero-order valence-corrected chi connectivity index (χ0v) is 9.40. The zero-order valence-electron chi connectivity index (χ0n) is 9.40. The summed E-state index contributed by atoms with van der Waals surface area (Å²) in [7, 11) is 0. The Morgan fingerprint density at radius 2 is 2.12 bits per heavy atom. The molecule has 82 valence electrons. The summed E-state index contributed by atoms with van der Waals surface area (Å²) in [5, 5.41) is 2.37. The standard InChI is InChI=1S/C13H15N3/c1-9-2-4-10(5-3-9)12-13-11(6-7-14-12)15-8-16-13/h2-5,8,12,14H,6-7H2,1H3,(H,15,16)/p+1/t12-/m1/s1. The van der Waals surface area contributed by atoms with Crippen molar-refractivity contribution in [2.75, 3.05) is 6.54 Å². The van der Waals surface area contributed by atoms with Gasteiger partial charge >= 0.3 is 0 Å². The van der Waals surface area contributed by atoms with Crippen LogP contribution in [0.15, 0.2) is 30.6 Å². The van der Waals surface area contributed by atoms with Crippen LogP contribution in [0.2, 0.25) is 0 Å². The highest BCUT2D eigenvalue weighted by molar-refractivity contribution is 5.30. The molecule has 0 spiro atoms. The molecular weight excluding hydrogens is 198 g/mol. The predicted octanol–water partition coefficient (Wildman–Crippen LogP) is 0.927. The van der Waals surface area contributed by atoms with E-state index in [2.05, 4.69) is 46.5 Å². The van der Waals surface area contributed by atoms with Crippen LogP contribution in [0.5, 0.6) is 0 Å². The molecule has 16 heavy (non-hydrogen) atoms. The Morgan fingerprint density at radius 1 is 1.31 bits per heavy atom. The predicted molar refractivity (Wildman–Crippen MR) is 62.1 cm³/mol. The molecule has 0 aliphatic carbocycles. The van der Waals surface area contributed by atoms with E-state index in [4.69, 9.17) is 0 Å². The number of aromatic nitrogens is 2. The lowest BCUT2D eigenvalue weighted by molar-refractivity contribution is -0.690. The molecule has 3 heteroatoms. The van der Waals surface area contributed by atoms with E-state index in [0.717, 1.165) is 13.0 Å². The first-order valence-electron chi connectivity index (χ1n) is 5.76. The third-order valence-electron chi connectivity index (χ3n) is 3.28. The molecule has 0 amide bonds. The number of aryl methyl sites for hydroxylation is 1. The van der Waals surface area contributed by atoms with Gasteiger partial charge in [0.15, 0.2) is 6.04 Å². The van der Waals surface area contributed by atoms with Crippen LogP contribution in [0.25, 0.3) is 0 Å². The van der Waals surface area contributed by atoms with Crippen molar-refractivity contribution >= 4 is 0 Å². The van der Waals surface area contributed by atoms with E-state index >= 15 is 0 Å². The molecule has 0 saturated heterocycles. The molecule has 0 unspecified atom stereocenters. The summed E-state index contributed by atoms with van der Waals surface area (Å²) < 4.78 is 0. The Kier molecular flexibility index (Phi) is 2.26. The van der Waals surface area contributed by atoms with Crippen LogP contribution in [-0.2, 0) is 6.42 Å². The number of H-pyrrole nitrogens is 1. The second-order valence-corrected chi connectivity index (χ2v) is 4.43. The van der Waals surface area contributed by atoms with Gasteiger partial charge in [0.1, 0.15) is 5.69 Å². The minimum absolute atomic E-state index is 0.371. The van der Waals surface area contributed by atoms with Crippen molar-refractivity contribution < 1.29 is 5.32 Å². The number of benzene rings is 1. The van der Waals surface area contributed by atoms with Crippen molar-refractivity contribution in [1.29, 1.82) is 0 Å². The monoisotopic (exact) mass is 214 g/mol. The van der Waals surface area contributed by atoms with Gasteiger partial charge in [-0.05, 0) is 6.92 Å². The van der Waals surface area contributed by atoms with Crippen LogP contribution in [0, 0.1) is 6.92 Å². The SMILES string of the molecule is Cc1ccc([C@H]2[NH2+]CCc3[nH]cnc32)cc1. The van der Waals surface area contributed by atoms with E-state index in [9.17, 15) is 0 Å². The fourth-order valence-corrected chi connectivity index (χ4v) is 2.37. The van der Waals surface area contributed by atoms with Crippen molar-refractivity contribution in [3.63, 3.8) is 0 Å². The quantitative estimate of drug-likeness (QED) is 0.728. The first kappa shape index (κ1) is 9.60. The fraction of sp³-hybridized carbons (Fsp3) is 0.308. The van der Waals surface area contributed by atoms with Gasteiger partial charge in [-0.2, -0.15) is 0 Å². The average molecular weight is 214 g/mol. The van der Waals surface area contributed by atoms with Crippen LogP contribution in [0.4, 0.5) is 0 Å². The number of rotatable bonds is 1. The first-order valence-corrected chi connectivity index (χ1v) is 5.76. The number of nitrogens with zero attached hydrogens (tertiary/aromatic N) is 1. The first-order chi connectivity index (χ1) is 7.84. The molecule has 1 aromatic carbocycles. The van der Waals surface area contributed by atoms with Crippen molar-refractivity contribution in [2.24, 2.45) is 0 Å². The summed E-state index contributed by atoms with van der Waals surface area (Å²) in [6, 6.07) is 9.13. The molecule has 3 N–H and O–H groups in total.